The second-order valence-corrected chi connectivity index (χ2v) is 28.0. The van der Waals surface area contributed by atoms with Gasteiger partial charge >= 0.3 is 0 Å². The molecule has 0 amide bonds. The van der Waals surface area contributed by atoms with Crippen molar-refractivity contribution in [2.45, 2.75) is 151 Å². The van der Waals surface area contributed by atoms with Crippen molar-refractivity contribution in [3.8, 4) is 0 Å². The van der Waals surface area contributed by atoms with Crippen molar-refractivity contribution in [3.63, 3.8) is 0 Å². The Morgan fingerprint density at radius 1 is 1.00 bits per heavy atom. The molecule has 1 saturated carbocycles. The van der Waals surface area contributed by atoms with Gasteiger partial charge in [-0.3, -0.25) is 0 Å². The molecule has 0 heterocycles. The highest BCUT2D eigenvalue weighted by molar-refractivity contribution is 7.93. The molecule has 1 aliphatic carbocycles. The first kappa shape index (κ1) is 39.1. The minimum atomic E-state index is -3.82. The van der Waals surface area contributed by atoms with Crippen LogP contribution in [0.3, 0.4) is 0 Å². The third kappa shape index (κ3) is 8.46. The minimum absolute atomic E-state index is 0.00893. The van der Waals surface area contributed by atoms with Gasteiger partial charge in [0.25, 0.3) is 0 Å². The SMILES string of the molecule is C=CCC1(S(=O)(=O)c2ccccc2)C(C=CC(CCCCC)O[Si](C)(C)C(C)(C)C)C(O[Si](C)(C)C(C)(C)C)CC1N(C)C. The van der Waals surface area contributed by atoms with Crippen molar-refractivity contribution in [1.29, 1.82) is 0 Å². The Morgan fingerprint density at radius 2 is 1.57 bits per heavy atom. The van der Waals surface area contributed by atoms with E-state index in [1.165, 1.54) is 0 Å². The first-order valence-corrected chi connectivity index (χ1v) is 24.0. The summed E-state index contributed by atoms with van der Waals surface area (Å²) in [6, 6.07) is 8.73. The van der Waals surface area contributed by atoms with Crippen molar-refractivity contribution in [2.24, 2.45) is 5.92 Å². The second-order valence-electron chi connectivity index (χ2n) is 16.2. The van der Waals surface area contributed by atoms with Crippen LogP contribution in [0.25, 0.3) is 0 Å². The number of hydrogen-bond acceptors (Lipinski definition) is 5. The zero-order valence-electron chi connectivity index (χ0n) is 30.4. The van der Waals surface area contributed by atoms with Crippen LogP contribution in [0.5, 0.6) is 0 Å². The minimum Gasteiger partial charge on any atom is -0.413 e. The van der Waals surface area contributed by atoms with Crippen molar-refractivity contribution >= 4 is 26.5 Å². The quantitative estimate of drug-likeness (QED) is 0.106. The van der Waals surface area contributed by atoms with Gasteiger partial charge in [-0.15, -0.1) is 6.58 Å². The molecule has 8 heteroatoms. The molecule has 0 spiro atoms. The van der Waals surface area contributed by atoms with Crippen LogP contribution in [0.1, 0.15) is 87.0 Å². The van der Waals surface area contributed by atoms with Crippen LogP contribution < -0.4 is 0 Å². The lowest BCUT2D eigenvalue weighted by molar-refractivity contribution is 0.149. The summed E-state index contributed by atoms with van der Waals surface area (Å²) in [5, 5.41) is 0.0649. The van der Waals surface area contributed by atoms with Crippen LogP contribution in [0, 0.1) is 5.92 Å². The predicted octanol–water partition coefficient (Wildman–Crippen LogP) is 9.64. The van der Waals surface area contributed by atoms with Gasteiger partial charge < -0.3 is 13.8 Å². The van der Waals surface area contributed by atoms with E-state index in [1.54, 1.807) is 18.2 Å². The first-order chi connectivity index (χ1) is 20.1. The van der Waals surface area contributed by atoms with Crippen LogP contribution >= 0.6 is 0 Å². The van der Waals surface area contributed by atoms with Gasteiger partial charge in [-0.05, 0) is 81.8 Å². The topological polar surface area (TPSA) is 55.8 Å². The van der Waals surface area contributed by atoms with Crippen molar-refractivity contribution in [2.75, 3.05) is 14.1 Å². The zero-order valence-corrected chi connectivity index (χ0v) is 33.2. The molecule has 2 rings (SSSR count). The summed E-state index contributed by atoms with van der Waals surface area (Å²) in [5.74, 6) is -0.371. The Bertz CT molecular complexity index is 1200. The summed E-state index contributed by atoms with van der Waals surface area (Å²) >= 11 is 0. The molecule has 0 N–H and O–H groups in total. The summed E-state index contributed by atoms with van der Waals surface area (Å²) < 4.78 is 43.1. The first-order valence-electron chi connectivity index (χ1n) is 16.7. The largest absolute Gasteiger partial charge is 0.413 e. The Morgan fingerprint density at radius 3 is 2.05 bits per heavy atom. The van der Waals surface area contributed by atoms with Gasteiger partial charge in [-0.2, -0.15) is 0 Å². The van der Waals surface area contributed by atoms with Crippen LogP contribution in [-0.2, 0) is 18.7 Å². The van der Waals surface area contributed by atoms with Crippen LogP contribution in [0.15, 0.2) is 60.0 Å². The van der Waals surface area contributed by atoms with Gasteiger partial charge in [0.2, 0.25) is 0 Å². The predicted molar refractivity (Wildman–Crippen MR) is 194 cm³/mol. The van der Waals surface area contributed by atoms with Gasteiger partial charge in [-0.1, -0.05) is 104 Å². The van der Waals surface area contributed by atoms with Gasteiger partial charge in [0.1, 0.15) is 4.75 Å². The summed E-state index contributed by atoms with van der Waals surface area (Å²) in [4.78, 5) is 2.46. The molecular formula is C36H65NO4SSi2. The van der Waals surface area contributed by atoms with Gasteiger partial charge in [-0.25, -0.2) is 8.42 Å². The van der Waals surface area contributed by atoms with E-state index in [0.29, 0.717) is 17.7 Å². The van der Waals surface area contributed by atoms with E-state index >= 15 is 8.42 Å². The molecule has 0 saturated heterocycles. The van der Waals surface area contributed by atoms with E-state index in [4.69, 9.17) is 8.85 Å². The van der Waals surface area contributed by atoms with Gasteiger partial charge in [0, 0.05) is 12.0 Å². The maximum atomic E-state index is 15.0. The number of benzene rings is 1. The third-order valence-corrected chi connectivity index (χ3v) is 22.4. The van der Waals surface area contributed by atoms with Gasteiger partial charge in [0.05, 0.1) is 17.1 Å². The molecule has 1 aromatic rings. The van der Waals surface area contributed by atoms with E-state index in [-0.39, 0.29) is 34.2 Å². The number of allylic oxidation sites excluding steroid dienone is 1. The average Bonchev–Trinajstić information content (AvgIpc) is 3.20. The Labute approximate surface area is 274 Å². The molecule has 5 nitrogen and oxygen atoms in total. The summed E-state index contributed by atoms with van der Waals surface area (Å²) in [7, 11) is -4.12. The van der Waals surface area contributed by atoms with Crippen LogP contribution in [0.4, 0.5) is 0 Å². The Balaban J connectivity index is 2.84. The summed E-state index contributed by atoms with van der Waals surface area (Å²) in [5.41, 5.74) is 0. The standard InChI is InChI=1S/C36H65NO4SSi2/c1-15-17-19-22-29(40-43(11,12)34(3,4)5)25-26-31-32(41-44(13,14)35(6,7)8)28-33(37(9)10)36(31,27-16-2)42(38,39)30-23-20-18-21-24-30/h16,18,20-21,23-26,29,31-33H,2,15,17,19,22,27-28H2,1,3-14H3. The molecule has 252 valence electrons. The second kappa shape index (κ2) is 14.8. The van der Waals surface area contributed by atoms with E-state index < -0.39 is 31.2 Å². The van der Waals surface area contributed by atoms with Gasteiger partial charge in [0.15, 0.2) is 26.5 Å². The highest BCUT2D eigenvalue weighted by Gasteiger charge is 2.63. The third-order valence-electron chi connectivity index (χ3n) is 10.8. The van der Waals surface area contributed by atoms with E-state index in [1.807, 2.05) is 32.3 Å². The zero-order chi connectivity index (χ0) is 33.8. The number of rotatable bonds is 15. The Kier molecular flexibility index (Phi) is 13.2. The van der Waals surface area contributed by atoms with E-state index in [2.05, 4.69) is 98.3 Å². The smallest absolute Gasteiger partial charge is 0.192 e. The van der Waals surface area contributed by atoms with E-state index in [9.17, 15) is 0 Å². The highest BCUT2D eigenvalue weighted by Crippen LogP contribution is 2.53. The fraction of sp³-hybridized carbons (Fsp3) is 0.722. The lowest BCUT2D eigenvalue weighted by atomic mass is 9.87. The monoisotopic (exact) mass is 663 g/mol. The number of nitrogens with zero attached hydrogens (tertiary/aromatic N) is 1. The fourth-order valence-corrected chi connectivity index (χ4v) is 11.3. The normalized spacial score (nSPS) is 24.7. The molecular weight excluding hydrogens is 599 g/mol. The fourth-order valence-electron chi connectivity index (χ4n) is 6.09. The van der Waals surface area contributed by atoms with Crippen LogP contribution in [-0.4, -0.2) is 67.0 Å². The molecule has 5 atom stereocenters. The molecule has 1 aliphatic rings. The van der Waals surface area contributed by atoms with E-state index in [0.717, 1.165) is 25.7 Å². The molecule has 1 aromatic carbocycles. The highest BCUT2D eigenvalue weighted by atomic mass is 32.2. The molecule has 44 heavy (non-hydrogen) atoms. The number of unbranched alkanes of at least 4 members (excludes halogenated alkanes) is 2. The van der Waals surface area contributed by atoms with Crippen molar-refractivity contribution in [1.82, 2.24) is 4.90 Å². The van der Waals surface area contributed by atoms with Crippen molar-refractivity contribution in [3.05, 3.63) is 55.1 Å². The molecule has 0 radical (unpaired) electrons. The molecule has 1 fully saturated rings. The molecule has 0 bridgehead atoms. The summed E-state index contributed by atoms with van der Waals surface area (Å²) in [6.07, 6.45) is 11.1. The number of hydrogen-bond donors (Lipinski definition) is 0. The van der Waals surface area contributed by atoms with Crippen LogP contribution in [0.2, 0.25) is 36.3 Å². The van der Waals surface area contributed by atoms with Crippen molar-refractivity contribution < 1.29 is 17.3 Å². The lowest BCUT2D eigenvalue weighted by Crippen LogP contribution is -2.55. The molecule has 0 aromatic heterocycles. The molecule has 5 unspecified atom stereocenters. The summed E-state index contributed by atoms with van der Waals surface area (Å²) in [6.45, 7) is 29.0. The lowest BCUT2D eigenvalue weighted by Gasteiger charge is -2.43. The Hall–Kier alpha value is -1.04. The number of sulfone groups is 1. The molecule has 0 aliphatic heterocycles. The maximum absolute atomic E-state index is 15.0. The maximum Gasteiger partial charge on any atom is 0.192 e. The average molecular weight is 664 g/mol.